The lowest BCUT2D eigenvalue weighted by Gasteiger charge is -2.46. The molecule has 1 aliphatic carbocycles. The lowest BCUT2D eigenvalue weighted by molar-refractivity contribution is 0.202. The average molecular weight is 307 g/mol. The highest BCUT2D eigenvalue weighted by Gasteiger charge is 2.39. The van der Waals surface area contributed by atoms with Crippen LogP contribution in [0.5, 0.6) is 0 Å². The van der Waals surface area contributed by atoms with Gasteiger partial charge in [-0.2, -0.15) is 0 Å². The standard InChI is InChI=1S/C21H38O/c1-9-11-21(8)13-12-20(6,7)19(16(21)4)14-18(10-2)15(3)17(5)22/h17-18,22H,3,9-14H2,1-2,4-8H3. The molecule has 1 nitrogen and oxygen atoms in total. The molecule has 0 amide bonds. The fraction of sp³-hybridized carbons (Fsp3) is 0.810. The van der Waals surface area contributed by atoms with Gasteiger partial charge in [-0.3, -0.25) is 0 Å². The quantitative estimate of drug-likeness (QED) is 0.548. The number of aliphatic hydroxyl groups excluding tert-OH is 1. The van der Waals surface area contributed by atoms with Crippen LogP contribution in [0.15, 0.2) is 23.3 Å². The van der Waals surface area contributed by atoms with Crippen LogP contribution < -0.4 is 0 Å². The summed E-state index contributed by atoms with van der Waals surface area (Å²) in [5, 5.41) is 9.92. The fourth-order valence-corrected chi connectivity index (χ4v) is 4.22. The van der Waals surface area contributed by atoms with E-state index in [-0.39, 0.29) is 5.41 Å². The van der Waals surface area contributed by atoms with Crippen molar-refractivity contribution in [3.8, 4) is 0 Å². The minimum absolute atomic E-state index is 0.281. The normalized spacial score (nSPS) is 27.6. The third kappa shape index (κ3) is 4.04. The molecule has 0 aromatic heterocycles. The largest absolute Gasteiger partial charge is 0.389 e. The SMILES string of the molecule is C=C(C(C)O)C(CC)CC1=C(C)C(C)(CCC)CCC1(C)C. The Bertz CT molecular complexity index is 427. The molecule has 0 spiro atoms. The molecule has 1 aliphatic rings. The van der Waals surface area contributed by atoms with Crippen LogP contribution in [0, 0.1) is 16.7 Å². The van der Waals surface area contributed by atoms with Crippen LogP contribution in [0.25, 0.3) is 0 Å². The summed E-state index contributed by atoms with van der Waals surface area (Å²) in [5.41, 5.74) is 4.89. The molecule has 0 heterocycles. The van der Waals surface area contributed by atoms with Gasteiger partial charge in [-0.05, 0) is 68.3 Å². The smallest absolute Gasteiger partial charge is 0.0722 e. The van der Waals surface area contributed by atoms with Gasteiger partial charge < -0.3 is 5.11 Å². The van der Waals surface area contributed by atoms with Crippen LogP contribution in [0.4, 0.5) is 0 Å². The summed E-state index contributed by atoms with van der Waals surface area (Å²) in [4.78, 5) is 0. The van der Waals surface area contributed by atoms with Crippen molar-refractivity contribution in [3.05, 3.63) is 23.3 Å². The second-order valence-corrected chi connectivity index (χ2v) is 8.36. The minimum atomic E-state index is -0.403. The van der Waals surface area contributed by atoms with Crippen molar-refractivity contribution >= 4 is 0 Å². The van der Waals surface area contributed by atoms with E-state index < -0.39 is 6.10 Å². The zero-order chi connectivity index (χ0) is 17.1. The van der Waals surface area contributed by atoms with Gasteiger partial charge in [0.1, 0.15) is 0 Å². The maximum absolute atomic E-state index is 9.92. The van der Waals surface area contributed by atoms with Crippen molar-refractivity contribution in [1.82, 2.24) is 0 Å². The first-order chi connectivity index (χ1) is 10.1. The van der Waals surface area contributed by atoms with Crippen LogP contribution in [-0.4, -0.2) is 11.2 Å². The van der Waals surface area contributed by atoms with Gasteiger partial charge >= 0.3 is 0 Å². The highest BCUT2D eigenvalue weighted by atomic mass is 16.3. The molecular formula is C21H38O. The van der Waals surface area contributed by atoms with E-state index in [9.17, 15) is 5.11 Å². The van der Waals surface area contributed by atoms with Crippen molar-refractivity contribution in [1.29, 1.82) is 0 Å². The molecule has 0 radical (unpaired) electrons. The summed E-state index contributed by atoms with van der Waals surface area (Å²) in [6.45, 7) is 20.1. The van der Waals surface area contributed by atoms with Crippen molar-refractivity contribution in [2.75, 3.05) is 0 Å². The van der Waals surface area contributed by atoms with Gasteiger partial charge in [0.25, 0.3) is 0 Å². The first-order valence-corrected chi connectivity index (χ1v) is 9.16. The van der Waals surface area contributed by atoms with E-state index in [1.807, 2.05) is 6.92 Å². The Kier molecular flexibility index (Phi) is 6.50. The Morgan fingerprint density at radius 2 is 1.82 bits per heavy atom. The molecular weight excluding hydrogens is 268 g/mol. The van der Waals surface area contributed by atoms with Crippen LogP contribution in [0.3, 0.4) is 0 Å². The van der Waals surface area contributed by atoms with Crippen molar-refractivity contribution < 1.29 is 5.11 Å². The van der Waals surface area contributed by atoms with Gasteiger partial charge in [0.05, 0.1) is 6.10 Å². The lowest BCUT2D eigenvalue weighted by atomic mass is 9.59. The minimum Gasteiger partial charge on any atom is -0.389 e. The predicted octanol–water partition coefficient (Wildman–Crippen LogP) is 6.28. The summed E-state index contributed by atoms with van der Waals surface area (Å²) in [5.74, 6) is 0.396. The van der Waals surface area contributed by atoms with Gasteiger partial charge in [0, 0.05) is 0 Å². The molecule has 3 unspecified atom stereocenters. The van der Waals surface area contributed by atoms with E-state index in [2.05, 4.69) is 48.1 Å². The molecule has 0 aliphatic heterocycles. The summed E-state index contributed by atoms with van der Waals surface area (Å²) < 4.78 is 0. The Hall–Kier alpha value is -0.560. The third-order valence-electron chi connectivity index (χ3n) is 6.28. The first-order valence-electron chi connectivity index (χ1n) is 9.16. The maximum atomic E-state index is 9.92. The van der Waals surface area contributed by atoms with Crippen LogP contribution in [-0.2, 0) is 0 Å². The predicted molar refractivity (Wildman–Crippen MR) is 97.9 cm³/mol. The molecule has 22 heavy (non-hydrogen) atoms. The first kappa shape index (κ1) is 19.5. The number of rotatable bonds is 7. The topological polar surface area (TPSA) is 20.2 Å². The zero-order valence-corrected chi connectivity index (χ0v) is 16.1. The molecule has 0 bridgehead atoms. The number of hydrogen-bond acceptors (Lipinski definition) is 1. The Morgan fingerprint density at radius 3 is 2.27 bits per heavy atom. The fourth-order valence-electron chi connectivity index (χ4n) is 4.22. The van der Waals surface area contributed by atoms with Gasteiger partial charge in [0.2, 0.25) is 0 Å². The molecule has 0 aromatic carbocycles. The second-order valence-electron chi connectivity index (χ2n) is 8.36. The maximum Gasteiger partial charge on any atom is 0.0722 e. The molecule has 0 fully saturated rings. The zero-order valence-electron chi connectivity index (χ0n) is 16.1. The van der Waals surface area contributed by atoms with E-state index in [4.69, 9.17) is 0 Å². The van der Waals surface area contributed by atoms with Crippen molar-refractivity contribution in [2.24, 2.45) is 16.7 Å². The van der Waals surface area contributed by atoms with Gasteiger partial charge in [-0.25, -0.2) is 0 Å². The molecule has 1 rings (SSSR count). The van der Waals surface area contributed by atoms with Gasteiger partial charge in [-0.15, -0.1) is 0 Å². The van der Waals surface area contributed by atoms with E-state index >= 15 is 0 Å². The second kappa shape index (κ2) is 7.34. The molecule has 0 aromatic rings. The monoisotopic (exact) mass is 306 g/mol. The molecule has 1 N–H and O–H groups in total. The Morgan fingerprint density at radius 1 is 1.23 bits per heavy atom. The van der Waals surface area contributed by atoms with Crippen LogP contribution in [0.1, 0.15) is 87.0 Å². The lowest BCUT2D eigenvalue weighted by Crippen LogP contribution is -2.33. The van der Waals surface area contributed by atoms with Crippen molar-refractivity contribution in [3.63, 3.8) is 0 Å². The van der Waals surface area contributed by atoms with Gasteiger partial charge in [-0.1, -0.05) is 58.8 Å². The highest BCUT2D eigenvalue weighted by Crippen LogP contribution is 2.53. The molecule has 0 saturated heterocycles. The molecule has 3 atom stereocenters. The number of hydrogen-bond donors (Lipinski definition) is 1. The van der Waals surface area contributed by atoms with Crippen molar-refractivity contribution in [2.45, 2.75) is 93.1 Å². The van der Waals surface area contributed by atoms with E-state index in [0.29, 0.717) is 11.3 Å². The summed E-state index contributed by atoms with van der Waals surface area (Å²) in [6.07, 6.45) is 6.83. The third-order valence-corrected chi connectivity index (χ3v) is 6.28. The van der Waals surface area contributed by atoms with Gasteiger partial charge in [0.15, 0.2) is 0 Å². The molecule has 1 heteroatoms. The Labute approximate surface area is 138 Å². The van der Waals surface area contributed by atoms with Crippen LogP contribution >= 0.6 is 0 Å². The summed E-state index contributed by atoms with van der Waals surface area (Å²) >= 11 is 0. The molecule has 0 saturated carbocycles. The average Bonchev–Trinajstić information content (AvgIpc) is 2.44. The Balaban J connectivity index is 3.17. The highest BCUT2D eigenvalue weighted by molar-refractivity contribution is 5.30. The van der Waals surface area contributed by atoms with E-state index in [1.165, 1.54) is 25.7 Å². The summed E-state index contributed by atoms with van der Waals surface area (Å²) in [6, 6.07) is 0. The molecule has 128 valence electrons. The van der Waals surface area contributed by atoms with E-state index in [1.54, 1.807) is 11.1 Å². The number of allylic oxidation sites excluding steroid dienone is 2. The summed E-state index contributed by atoms with van der Waals surface area (Å²) in [7, 11) is 0. The van der Waals surface area contributed by atoms with E-state index in [0.717, 1.165) is 18.4 Å². The number of aliphatic hydroxyl groups is 1. The van der Waals surface area contributed by atoms with Crippen LogP contribution in [0.2, 0.25) is 0 Å².